The smallest absolute Gasteiger partial charge is 0.338 e. The first kappa shape index (κ1) is 16.9. The fourth-order valence-electron chi connectivity index (χ4n) is 2.24. The Morgan fingerprint density at radius 1 is 1.24 bits per heavy atom. The SMILES string of the molecule is Cc1ccc2nc(NC(=O)C(C)OC(=O)c3cccc(N)c3)sc2c1. The standard InChI is InChI=1S/C18H17N3O3S/c1-10-6-7-14-15(8-10)25-18(20-14)21-16(22)11(2)24-17(23)12-4-3-5-13(19)9-12/h3-9,11H,19H2,1-2H3,(H,20,21,22). The van der Waals surface area contributed by atoms with E-state index in [0.717, 1.165) is 15.8 Å². The summed E-state index contributed by atoms with van der Waals surface area (Å²) in [5.41, 5.74) is 8.34. The average Bonchev–Trinajstić information content (AvgIpc) is 2.95. The number of ether oxygens (including phenoxy) is 1. The van der Waals surface area contributed by atoms with Gasteiger partial charge in [-0.1, -0.05) is 23.5 Å². The second-order valence-corrected chi connectivity index (χ2v) is 6.68. The minimum atomic E-state index is -0.956. The van der Waals surface area contributed by atoms with E-state index >= 15 is 0 Å². The van der Waals surface area contributed by atoms with E-state index in [-0.39, 0.29) is 0 Å². The average molecular weight is 355 g/mol. The highest BCUT2D eigenvalue weighted by Gasteiger charge is 2.20. The van der Waals surface area contributed by atoms with E-state index in [4.69, 9.17) is 10.5 Å². The molecule has 0 radical (unpaired) electrons. The number of hydrogen-bond acceptors (Lipinski definition) is 6. The number of nitrogen functional groups attached to an aromatic ring is 1. The number of aryl methyl sites for hydroxylation is 1. The molecule has 0 saturated heterocycles. The Labute approximate surface area is 148 Å². The zero-order chi connectivity index (χ0) is 18.0. The number of aromatic nitrogens is 1. The van der Waals surface area contributed by atoms with Gasteiger partial charge in [-0.05, 0) is 49.7 Å². The highest BCUT2D eigenvalue weighted by Crippen LogP contribution is 2.26. The van der Waals surface area contributed by atoms with E-state index in [1.165, 1.54) is 24.3 Å². The summed E-state index contributed by atoms with van der Waals surface area (Å²) in [5, 5.41) is 3.16. The number of thiazole rings is 1. The lowest BCUT2D eigenvalue weighted by Gasteiger charge is -2.12. The molecule has 0 aliphatic heterocycles. The first-order valence-electron chi connectivity index (χ1n) is 7.67. The van der Waals surface area contributed by atoms with Gasteiger partial charge < -0.3 is 10.5 Å². The van der Waals surface area contributed by atoms with Crippen molar-refractivity contribution >= 4 is 44.2 Å². The largest absolute Gasteiger partial charge is 0.449 e. The number of anilines is 2. The molecule has 3 rings (SSSR count). The van der Waals surface area contributed by atoms with Gasteiger partial charge >= 0.3 is 5.97 Å². The van der Waals surface area contributed by atoms with Gasteiger partial charge in [-0.2, -0.15) is 0 Å². The van der Waals surface area contributed by atoms with E-state index in [1.54, 1.807) is 18.2 Å². The zero-order valence-electron chi connectivity index (χ0n) is 13.8. The molecule has 6 nitrogen and oxygen atoms in total. The van der Waals surface area contributed by atoms with Crippen molar-refractivity contribution in [2.45, 2.75) is 20.0 Å². The summed E-state index contributed by atoms with van der Waals surface area (Å²) >= 11 is 1.37. The van der Waals surface area contributed by atoms with Gasteiger partial charge in [0.25, 0.3) is 5.91 Å². The molecule has 3 N–H and O–H groups in total. The van der Waals surface area contributed by atoms with Crippen LogP contribution in [0.25, 0.3) is 10.2 Å². The van der Waals surface area contributed by atoms with Crippen molar-refractivity contribution < 1.29 is 14.3 Å². The molecule has 128 valence electrons. The van der Waals surface area contributed by atoms with Crippen LogP contribution in [0.15, 0.2) is 42.5 Å². The Bertz CT molecular complexity index is 952. The predicted octanol–water partition coefficient (Wildman–Crippen LogP) is 3.37. The van der Waals surface area contributed by atoms with Gasteiger partial charge in [0, 0.05) is 5.69 Å². The van der Waals surface area contributed by atoms with Crippen LogP contribution in [0.5, 0.6) is 0 Å². The summed E-state index contributed by atoms with van der Waals surface area (Å²) in [7, 11) is 0. The molecule has 0 aliphatic rings. The summed E-state index contributed by atoms with van der Waals surface area (Å²) < 4.78 is 6.17. The number of nitrogens with zero attached hydrogens (tertiary/aromatic N) is 1. The summed E-state index contributed by atoms with van der Waals surface area (Å²) in [5.74, 6) is -1.04. The number of amides is 1. The molecule has 0 bridgehead atoms. The van der Waals surface area contributed by atoms with Crippen LogP contribution in [0.1, 0.15) is 22.8 Å². The number of carbonyl (C=O) groups is 2. The van der Waals surface area contributed by atoms with Gasteiger partial charge in [-0.15, -0.1) is 0 Å². The van der Waals surface area contributed by atoms with E-state index in [1.807, 2.05) is 25.1 Å². The molecule has 1 amide bonds. The van der Waals surface area contributed by atoms with E-state index < -0.39 is 18.0 Å². The highest BCUT2D eigenvalue weighted by molar-refractivity contribution is 7.22. The fraction of sp³-hybridized carbons (Fsp3) is 0.167. The van der Waals surface area contributed by atoms with Crippen molar-refractivity contribution in [2.75, 3.05) is 11.1 Å². The van der Waals surface area contributed by atoms with Crippen LogP contribution >= 0.6 is 11.3 Å². The van der Waals surface area contributed by atoms with Crippen LogP contribution in [0.4, 0.5) is 10.8 Å². The second-order valence-electron chi connectivity index (χ2n) is 5.65. The number of nitrogens with two attached hydrogens (primary N) is 1. The number of rotatable bonds is 4. The molecule has 1 aromatic heterocycles. The van der Waals surface area contributed by atoms with E-state index in [0.29, 0.717) is 16.4 Å². The lowest BCUT2D eigenvalue weighted by molar-refractivity contribution is -0.123. The third-order valence-corrected chi connectivity index (χ3v) is 4.48. The monoisotopic (exact) mass is 355 g/mol. The quantitative estimate of drug-likeness (QED) is 0.553. The number of esters is 1. The maximum atomic E-state index is 12.2. The first-order chi connectivity index (χ1) is 11.9. The minimum absolute atomic E-state index is 0.301. The van der Waals surface area contributed by atoms with Gasteiger partial charge in [0.15, 0.2) is 11.2 Å². The lowest BCUT2D eigenvalue weighted by atomic mass is 10.2. The van der Waals surface area contributed by atoms with E-state index in [9.17, 15) is 9.59 Å². The van der Waals surface area contributed by atoms with Crippen molar-refractivity contribution in [3.63, 3.8) is 0 Å². The number of carbonyl (C=O) groups excluding carboxylic acids is 2. The predicted molar refractivity (Wildman–Crippen MR) is 98.7 cm³/mol. The van der Waals surface area contributed by atoms with Crippen molar-refractivity contribution in [2.24, 2.45) is 0 Å². The van der Waals surface area contributed by atoms with Crippen molar-refractivity contribution in [3.8, 4) is 0 Å². The summed E-state index contributed by atoms with van der Waals surface area (Å²) in [6.07, 6.45) is -0.956. The van der Waals surface area contributed by atoms with Crippen LogP contribution in [0, 0.1) is 6.92 Å². The summed E-state index contributed by atoms with van der Waals surface area (Å²) in [4.78, 5) is 28.7. The Morgan fingerprint density at radius 2 is 2.04 bits per heavy atom. The maximum Gasteiger partial charge on any atom is 0.338 e. The van der Waals surface area contributed by atoms with E-state index in [2.05, 4.69) is 10.3 Å². The number of benzene rings is 2. The lowest BCUT2D eigenvalue weighted by Crippen LogP contribution is -2.29. The van der Waals surface area contributed by atoms with Gasteiger partial charge in [0.1, 0.15) is 0 Å². The minimum Gasteiger partial charge on any atom is -0.449 e. The zero-order valence-corrected chi connectivity index (χ0v) is 14.6. The molecule has 1 unspecified atom stereocenters. The highest BCUT2D eigenvalue weighted by atomic mass is 32.1. The molecule has 0 aliphatic carbocycles. The Kier molecular flexibility index (Phi) is 4.67. The van der Waals surface area contributed by atoms with Crippen LogP contribution in [0.3, 0.4) is 0 Å². The topological polar surface area (TPSA) is 94.3 Å². The Balaban J connectivity index is 1.66. The van der Waals surface area contributed by atoms with Crippen molar-refractivity contribution in [1.82, 2.24) is 4.98 Å². The van der Waals surface area contributed by atoms with Gasteiger partial charge in [0.05, 0.1) is 15.8 Å². The molecule has 1 heterocycles. The van der Waals surface area contributed by atoms with Crippen LogP contribution in [0.2, 0.25) is 0 Å². The van der Waals surface area contributed by atoms with Crippen molar-refractivity contribution in [1.29, 1.82) is 0 Å². The summed E-state index contributed by atoms with van der Waals surface area (Å²) in [6.45, 7) is 3.51. The maximum absolute atomic E-state index is 12.2. The van der Waals surface area contributed by atoms with Gasteiger partial charge in [-0.3, -0.25) is 10.1 Å². The number of hydrogen-bond donors (Lipinski definition) is 2. The van der Waals surface area contributed by atoms with Crippen LogP contribution < -0.4 is 11.1 Å². The summed E-state index contributed by atoms with van der Waals surface area (Å²) in [6, 6.07) is 12.3. The van der Waals surface area contributed by atoms with Gasteiger partial charge in [0.2, 0.25) is 0 Å². The second kappa shape index (κ2) is 6.90. The first-order valence-corrected chi connectivity index (χ1v) is 8.48. The fourth-order valence-corrected chi connectivity index (χ4v) is 3.21. The molecule has 7 heteroatoms. The Morgan fingerprint density at radius 3 is 2.80 bits per heavy atom. The molecule has 0 spiro atoms. The Hall–Kier alpha value is -2.93. The third kappa shape index (κ3) is 3.95. The molecule has 3 aromatic rings. The van der Waals surface area contributed by atoms with Gasteiger partial charge in [-0.25, -0.2) is 9.78 Å². The number of nitrogens with one attached hydrogen (secondary N) is 1. The molecular formula is C18H17N3O3S. The molecule has 1 atom stereocenters. The molecule has 2 aromatic carbocycles. The van der Waals surface area contributed by atoms with Crippen molar-refractivity contribution in [3.05, 3.63) is 53.6 Å². The third-order valence-electron chi connectivity index (χ3n) is 3.55. The number of fused-ring (bicyclic) bond motifs is 1. The molecular weight excluding hydrogens is 338 g/mol. The molecule has 0 fully saturated rings. The molecule has 0 saturated carbocycles. The normalized spacial score (nSPS) is 11.9. The van der Waals surface area contributed by atoms with Crippen LogP contribution in [-0.2, 0) is 9.53 Å². The van der Waals surface area contributed by atoms with Crippen LogP contribution in [-0.4, -0.2) is 23.0 Å². The molecule has 25 heavy (non-hydrogen) atoms.